The second-order valence-electron chi connectivity index (χ2n) is 5.74. The highest BCUT2D eigenvalue weighted by Gasteiger charge is 2.47. The van der Waals surface area contributed by atoms with Gasteiger partial charge in [-0.3, -0.25) is 4.79 Å². The first kappa shape index (κ1) is 13.8. The molecule has 0 radical (unpaired) electrons. The largest absolute Gasteiger partial charge is 0.325 e. The monoisotopic (exact) mass is 283 g/mol. The van der Waals surface area contributed by atoms with E-state index >= 15 is 0 Å². The zero-order chi connectivity index (χ0) is 14.9. The molecule has 1 N–H and O–H groups in total. The van der Waals surface area contributed by atoms with Gasteiger partial charge in [0, 0.05) is 11.3 Å². The molecule has 0 saturated heterocycles. The SMILES string of the molecule is Cc1cccc(NC(=O)C2(c3ccccc3F)CCC2)c1. The predicted octanol–water partition coefficient (Wildman–Crippen LogP) is 4.19. The number of carbonyl (C=O) groups is 1. The normalized spacial score (nSPS) is 16.1. The van der Waals surface area contributed by atoms with Crippen molar-refractivity contribution < 1.29 is 9.18 Å². The zero-order valence-corrected chi connectivity index (χ0v) is 12.0. The molecule has 3 heteroatoms. The van der Waals surface area contributed by atoms with Crippen molar-refractivity contribution >= 4 is 11.6 Å². The molecule has 1 aliphatic carbocycles. The summed E-state index contributed by atoms with van der Waals surface area (Å²) in [5.41, 5.74) is 1.65. The molecule has 1 fully saturated rings. The molecule has 21 heavy (non-hydrogen) atoms. The van der Waals surface area contributed by atoms with Gasteiger partial charge in [-0.25, -0.2) is 4.39 Å². The highest BCUT2D eigenvalue weighted by Crippen LogP contribution is 2.45. The summed E-state index contributed by atoms with van der Waals surface area (Å²) in [4.78, 5) is 12.7. The molecular weight excluding hydrogens is 265 g/mol. The van der Waals surface area contributed by atoms with E-state index < -0.39 is 5.41 Å². The Bertz CT molecular complexity index is 676. The van der Waals surface area contributed by atoms with Gasteiger partial charge in [-0.1, -0.05) is 36.8 Å². The highest BCUT2D eigenvalue weighted by atomic mass is 19.1. The molecule has 1 saturated carbocycles. The van der Waals surface area contributed by atoms with Gasteiger partial charge in [-0.2, -0.15) is 0 Å². The zero-order valence-electron chi connectivity index (χ0n) is 12.0. The van der Waals surface area contributed by atoms with Gasteiger partial charge in [0.1, 0.15) is 5.82 Å². The third-order valence-electron chi connectivity index (χ3n) is 4.31. The molecule has 0 aliphatic heterocycles. The van der Waals surface area contributed by atoms with Crippen LogP contribution in [0.15, 0.2) is 48.5 Å². The Balaban J connectivity index is 1.90. The average Bonchev–Trinajstić information content (AvgIpc) is 2.39. The van der Waals surface area contributed by atoms with Crippen LogP contribution in [-0.2, 0) is 10.2 Å². The molecule has 2 aromatic carbocycles. The number of nitrogens with one attached hydrogen (secondary N) is 1. The number of amides is 1. The van der Waals surface area contributed by atoms with Crippen molar-refractivity contribution in [1.82, 2.24) is 0 Å². The van der Waals surface area contributed by atoms with Crippen LogP contribution in [0, 0.1) is 12.7 Å². The van der Waals surface area contributed by atoms with E-state index in [-0.39, 0.29) is 11.7 Å². The maximum atomic E-state index is 14.1. The summed E-state index contributed by atoms with van der Waals surface area (Å²) in [7, 11) is 0. The second-order valence-corrected chi connectivity index (χ2v) is 5.74. The van der Waals surface area contributed by atoms with Crippen molar-refractivity contribution in [2.24, 2.45) is 0 Å². The molecule has 0 spiro atoms. The molecule has 0 heterocycles. The number of rotatable bonds is 3. The molecule has 3 rings (SSSR count). The van der Waals surface area contributed by atoms with Gasteiger partial charge in [0.2, 0.25) is 5.91 Å². The van der Waals surface area contributed by atoms with Crippen LogP contribution in [0.3, 0.4) is 0 Å². The number of aryl methyl sites for hydroxylation is 1. The minimum atomic E-state index is -0.713. The average molecular weight is 283 g/mol. The van der Waals surface area contributed by atoms with E-state index in [2.05, 4.69) is 5.32 Å². The fourth-order valence-electron chi connectivity index (χ4n) is 2.97. The van der Waals surface area contributed by atoms with Gasteiger partial charge >= 0.3 is 0 Å². The van der Waals surface area contributed by atoms with Gasteiger partial charge in [0.05, 0.1) is 5.41 Å². The van der Waals surface area contributed by atoms with E-state index in [1.165, 1.54) is 6.07 Å². The van der Waals surface area contributed by atoms with Gasteiger partial charge in [0.15, 0.2) is 0 Å². The molecule has 1 amide bonds. The van der Waals surface area contributed by atoms with E-state index in [9.17, 15) is 9.18 Å². The van der Waals surface area contributed by atoms with Crippen LogP contribution >= 0.6 is 0 Å². The Labute approximate surface area is 124 Å². The molecule has 0 atom stereocenters. The molecule has 0 bridgehead atoms. The standard InChI is InChI=1S/C18H18FNO/c1-13-6-4-7-14(12-13)20-17(21)18(10-5-11-18)15-8-2-3-9-16(15)19/h2-4,6-9,12H,5,10-11H2,1H3,(H,20,21). The summed E-state index contributed by atoms with van der Waals surface area (Å²) in [6.07, 6.45) is 2.35. The third-order valence-corrected chi connectivity index (χ3v) is 4.31. The molecule has 0 aromatic heterocycles. The van der Waals surface area contributed by atoms with Crippen LogP contribution in [0.5, 0.6) is 0 Å². The number of anilines is 1. The molecule has 2 aromatic rings. The summed E-state index contributed by atoms with van der Waals surface area (Å²) < 4.78 is 14.1. The van der Waals surface area contributed by atoms with E-state index in [1.807, 2.05) is 31.2 Å². The summed E-state index contributed by atoms with van der Waals surface area (Å²) in [6, 6.07) is 14.3. The summed E-state index contributed by atoms with van der Waals surface area (Å²) in [5, 5.41) is 2.95. The lowest BCUT2D eigenvalue weighted by Crippen LogP contribution is -2.46. The number of benzene rings is 2. The quantitative estimate of drug-likeness (QED) is 0.899. The van der Waals surface area contributed by atoms with Crippen LogP contribution in [0.2, 0.25) is 0 Å². The van der Waals surface area contributed by atoms with Crippen molar-refractivity contribution in [2.45, 2.75) is 31.6 Å². The van der Waals surface area contributed by atoms with Gasteiger partial charge in [0.25, 0.3) is 0 Å². The van der Waals surface area contributed by atoms with Crippen molar-refractivity contribution in [2.75, 3.05) is 5.32 Å². The molecule has 0 unspecified atom stereocenters. The predicted molar refractivity (Wildman–Crippen MR) is 81.7 cm³/mol. The van der Waals surface area contributed by atoms with E-state index in [1.54, 1.807) is 18.2 Å². The minimum absolute atomic E-state index is 0.107. The number of carbonyl (C=O) groups excluding carboxylic acids is 1. The van der Waals surface area contributed by atoms with E-state index in [0.29, 0.717) is 18.4 Å². The summed E-state index contributed by atoms with van der Waals surface area (Å²) >= 11 is 0. The fraction of sp³-hybridized carbons (Fsp3) is 0.278. The van der Waals surface area contributed by atoms with Gasteiger partial charge in [-0.15, -0.1) is 0 Å². The van der Waals surface area contributed by atoms with Crippen LogP contribution in [-0.4, -0.2) is 5.91 Å². The smallest absolute Gasteiger partial charge is 0.235 e. The Kier molecular flexibility index (Phi) is 3.50. The first-order chi connectivity index (χ1) is 10.1. The number of halogens is 1. The number of hydrogen-bond donors (Lipinski definition) is 1. The Morgan fingerprint density at radius 1 is 1.14 bits per heavy atom. The minimum Gasteiger partial charge on any atom is -0.325 e. The maximum absolute atomic E-state index is 14.1. The Hall–Kier alpha value is -2.16. The lowest BCUT2D eigenvalue weighted by Gasteiger charge is -2.40. The lowest BCUT2D eigenvalue weighted by molar-refractivity contribution is -0.124. The highest BCUT2D eigenvalue weighted by molar-refractivity contribution is 6.00. The molecule has 2 nitrogen and oxygen atoms in total. The Morgan fingerprint density at radius 2 is 1.90 bits per heavy atom. The van der Waals surface area contributed by atoms with Crippen LogP contribution in [0.25, 0.3) is 0 Å². The van der Waals surface area contributed by atoms with Crippen molar-refractivity contribution in [3.63, 3.8) is 0 Å². The fourth-order valence-corrected chi connectivity index (χ4v) is 2.97. The van der Waals surface area contributed by atoms with E-state index in [0.717, 1.165) is 17.7 Å². The van der Waals surface area contributed by atoms with Gasteiger partial charge in [-0.05, 0) is 43.5 Å². The van der Waals surface area contributed by atoms with Crippen molar-refractivity contribution in [3.8, 4) is 0 Å². The van der Waals surface area contributed by atoms with Crippen LogP contribution < -0.4 is 5.32 Å². The molecule has 1 aliphatic rings. The topological polar surface area (TPSA) is 29.1 Å². The lowest BCUT2D eigenvalue weighted by atomic mass is 9.63. The summed E-state index contributed by atoms with van der Waals surface area (Å²) in [6.45, 7) is 1.98. The summed E-state index contributed by atoms with van der Waals surface area (Å²) in [5.74, 6) is -0.402. The van der Waals surface area contributed by atoms with Crippen molar-refractivity contribution in [1.29, 1.82) is 0 Å². The third kappa shape index (κ3) is 2.44. The number of hydrogen-bond acceptors (Lipinski definition) is 1. The van der Waals surface area contributed by atoms with Gasteiger partial charge < -0.3 is 5.32 Å². The first-order valence-corrected chi connectivity index (χ1v) is 7.25. The van der Waals surface area contributed by atoms with Crippen LogP contribution in [0.1, 0.15) is 30.4 Å². The Morgan fingerprint density at radius 3 is 2.52 bits per heavy atom. The maximum Gasteiger partial charge on any atom is 0.235 e. The van der Waals surface area contributed by atoms with E-state index in [4.69, 9.17) is 0 Å². The molecular formula is C18H18FNO. The second kappa shape index (κ2) is 5.32. The molecule has 108 valence electrons. The first-order valence-electron chi connectivity index (χ1n) is 7.25. The van der Waals surface area contributed by atoms with Crippen LogP contribution in [0.4, 0.5) is 10.1 Å². The van der Waals surface area contributed by atoms with Crippen molar-refractivity contribution in [3.05, 3.63) is 65.5 Å².